The first-order valence-electron chi connectivity index (χ1n) is 6.85. The van der Waals surface area contributed by atoms with Crippen molar-refractivity contribution < 1.29 is 4.74 Å². The summed E-state index contributed by atoms with van der Waals surface area (Å²) in [5.41, 5.74) is 9.75. The molecule has 0 heterocycles. The third-order valence-electron chi connectivity index (χ3n) is 3.86. The lowest BCUT2D eigenvalue weighted by atomic mass is 9.82. The van der Waals surface area contributed by atoms with Crippen molar-refractivity contribution >= 4 is 15.9 Å². The summed E-state index contributed by atoms with van der Waals surface area (Å²) in [6.07, 6.45) is 3.21. The average molecular weight is 328 g/mol. The number of aryl methyl sites for hydroxylation is 1. The number of hydrogen-bond donors (Lipinski definition) is 1. The molecule has 0 aliphatic heterocycles. The Hall–Kier alpha value is -0.540. The fourth-order valence-electron chi connectivity index (χ4n) is 2.48. The van der Waals surface area contributed by atoms with Crippen molar-refractivity contribution in [2.75, 3.05) is 13.7 Å². The predicted octanol–water partition coefficient (Wildman–Crippen LogP) is 4.38. The largest absolute Gasteiger partial charge is 0.496 e. The van der Waals surface area contributed by atoms with E-state index < -0.39 is 0 Å². The number of nitrogens with two attached hydrogens (primary N) is 1. The summed E-state index contributed by atoms with van der Waals surface area (Å²) in [5, 5.41) is 0. The maximum atomic E-state index is 5.69. The second kappa shape index (κ2) is 6.76. The van der Waals surface area contributed by atoms with Gasteiger partial charge in [-0.15, -0.1) is 0 Å². The fraction of sp³-hybridized carbons (Fsp3) is 0.625. The number of hydrogen-bond acceptors (Lipinski definition) is 2. The van der Waals surface area contributed by atoms with E-state index in [4.69, 9.17) is 10.5 Å². The fourth-order valence-corrected chi connectivity index (χ4v) is 3.06. The van der Waals surface area contributed by atoms with Crippen LogP contribution in [-0.4, -0.2) is 13.7 Å². The van der Waals surface area contributed by atoms with Gasteiger partial charge in [-0.25, -0.2) is 0 Å². The Morgan fingerprint density at radius 1 is 1.26 bits per heavy atom. The van der Waals surface area contributed by atoms with Gasteiger partial charge in [0, 0.05) is 4.47 Å². The first-order chi connectivity index (χ1) is 8.82. The van der Waals surface area contributed by atoms with Crippen LogP contribution in [0.15, 0.2) is 10.5 Å². The molecular formula is C16H26BrNO. The Balaban J connectivity index is 3.00. The molecule has 0 unspecified atom stereocenters. The first kappa shape index (κ1) is 16.5. The molecule has 0 saturated heterocycles. The molecular weight excluding hydrogens is 302 g/mol. The lowest BCUT2D eigenvalue weighted by molar-refractivity contribution is 0.310. The summed E-state index contributed by atoms with van der Waals surface area (Å²) >= 11 is 3.64. The molecule has 0 bridgehead atoms. The van der Waals surface area contributed by atoms with Crippen LogP contribution in [0.2, 0.25) is 0 Å². The Kier molecular flexibility index (Phi) is 5.87. The van der Waals surface area contributed by atoms with Gasteiger partial charge in [-0.05, 0) is 67.8 Å². The Labute approximate surface area is 125 Å². The van der Waals surface area contributed by atoms with E-state index in [1.165, 1.54) is 16.7 Å². The van der Waals surface area contributed by atoms with Gasteiger partial charge in [0.15, 0.2) is 0 Å². The third-order valence-corrected chi connectivity index (χ3v) is 4.69. The molecule has 0 radical (unpaired) electrons. The standard InChI is InChI=1S/C16H26BrNO/c1-11-10-14(17)12(2)13(15(11)19-5)6-7-16(3,4)8-9-18/h10H,6-9,18H2,1-5H3. The van der Waals surface area contributed by atoms with Crippen LogP contribution >= 0.6 is 15.9 Å². The highest BCUT2D eigenvalue weighted by atomic mass is 79.9. The third kappa shape index (κ3) is 4.22. The second-order valence-corrected chi connectivity index (χ2v) is 6.87. The number of ether oxygens (including phenoxy) is 1. The number of rotatable bonds is 6. The normalized spacial score (nSPS) is 11.7. The summed E-state index contributed by atoms with van der Waals surface area (Å²) in [4.78, 5) is 0. The maximum absolute atomic E-state index is 5.69. The van der Waals surface area contributed by atoms with Crippen LogP contribution in [0, 0.1) is 19.3 Å². The molecule has 0 aliphatic rings. The zero-order valence-electron chi connectivity index (χ0n) is 12.8. The minimum Gasteiger partial charge on any atom is -0.496 e. The van der Waals surface area contributed by atoms with Crippen molar-refractivity contribution in [2.45, 2.75) is 47.0 Å². The van der Waals surface area contributed by atoms with E-state index in [9.17, 15) is 0 Å². The van der Waals surface area contributed by atoms with E-state index in [2.05, 4.69) is 49.7 Å². The van der Waals surface area contributed by atoms with Crippen LogP contribution in [0.5, 0.6) is 5.75 Å². The zero-order chi connectivity index (χ0) is 14.6. The van der Waals surface area contributed by atoms with Crippen molar-refractivity contribution in [1.82, 2.24) is 0 Å². The van der Waals surface area contributed by atoms with Gasteiger partial charge in [0.25, 0.3) is 0 Å². The minimum absolute atomic E-state index is 0.280. The molecule has 0 aromatic heterocycles. The zero-order valence-corrected chi connectivity index (χ0v) is 14.4. The van der Waals surface area contributed by atoms with Gasteiger partial charge in [0.05, 0.1) is 7.11 Å². The van der Waals surface area contributed by atoms with E-state index in [0.717, 1.165) is 36.0 Å². The molecule has 19 heavy (non-hydrogen) atoms. The van der Waals surface area contributed by atoms with Crippen LogP contribution in [0.4, 0.5) is 0 Å². The smallest absolute Gasteiger partial charge is 0.125 e. The average Bonchev–Trinajstić information content (AvgIpc) is 2.31. The van der Waals surface area contributed by atoms with E-state index in [1.807, 2.05) is 0 Å². The molecule has 0 aliphatic carbocycles. The highest BCUT2D eigenvalue weighted by Gasteiger charge is 2.20. The van der Waals surface area contributed by atoms with Crippen molar-refractivity contribution in [1.29, 1.82) is 0 Å². The lowest BCUT2D eigenvalue weighted by Gasteiger charge is -2.25. The Bertz CT molecular complexity index is 441. The van der Waals surface area contributed by atoms with Gasteiger partial charge in [-0.3, -0.25) is 0 Å². The lowest BCUT2D eigenvalue weighted by Crippen LogP contribution is -2.18. The molecule has 1 aromatic rings. The summed E-state index contributed by atoms with van der Waals surface area (Å²) in [6, 6.07) is 2.13. The molecule has 0 fully saturated rings. The van der Waals surface area contributed by atoms with Crippen LogP contribution in [-0.2, 0) is 6.42 Å². The van der Waals surface area contributed by atoms with Crippen LogP contribution in [0.3, 0.4) is 0 Å². The quantitative estimate of drug-likeness (QED) is 0.841. The van der Waals surface area contributed by atoms with Crippen molar-refractivity contribution in [3.05, 3.63) is 27.2 Å². The molecule has 0 spiro atoms. The molecule has 108 valence electrons. The maximum Gasteiger partial charge on any atom is 0.125 e. The predicted molar refractivity (Wildman–Crippen MR) is 85.9 cm³/mol. The van der Waals surface area contributed by atoms with E-state index >= 15 is 0 Å². The van der Waals surface area contributed by atoms with Gasteiger partial charge in [0.1, 0.15) is 5.75 Å². The van der Waals surface area contributed by atoms with Crippen molar-refractivity contribution in [2.24, 2.45) is 11.1 Å². The van der Waals surface area contributed by atoms with Crippen molar-refractivity contribution in [3.63, 3.8) is 0 Å². The topological polar surface area (TPSA) is 35.2 Å². The Morgan fingerprint density at radius 2 is 1.89 bits per heavy atom. The highest BCUT2D eigenvalue weighted by molar-refractivity contribution is 9.10. The number of halogens is 1. The molecule has 0 atom stereocenters. The van der Waals surface area contributed by atoms with Crippen LogP contribution in [0.25, 0.3) is 0 Å². The summed E-state index contributed by atoms with van der Waals surface area (Å²) in [7, 11) is 1.75. The molecule has 3 heteroatoms. The van der Waals surface area contributed by atoms with E-state index in [0.29, 0.717) is 0 Å². The first-order valence-corrected chi connectivity index (χ1v) is 7.64. The number of benzene rings is 1. The van der Waals surface area contributed by atoms with Gasteiger partial charge in [-0.2, -0.15) is 0 Å². The highest BCUT2D eigenvalue weighted by Crippen LogP contribution is 2.35. The molecule has 1 aromatic carbocycles. The van der Waals surface area contributed by atoms with Gasteiger partial charge >= 0.3 is 0 Å². The monoisotopic (exact) mass is 327 g/mol. The van der Waals surface area contributed by atoms with Gasteiger partial charge < -0.3 is 10.5 Å². The molecule has 0 amide bonds. The summed E-state index contributed by atoms with van der Waals surface area (Å²) < 4.78 is 6.76. The molecule has 0 saturated carbocycles. The van der Waals surface area contributed by atoms with Gasteiger partial charge in [0.2, 0.25) is 0 Å². The number of methoxy groups -OCH3 is 1. The summed E-state index contributed by atoms with van der Waals surface area (Å²) in [6.45, 7) is 9.56. The molecule has 2 N–H and O–H groups in total. The van der Waals surface area contributed by atoms with Crippen molar-refractivity contribution in [3.8, 4) is 5.75 Å². The molecule has 1 rings (SSSR count). The second-order valence-electron chi connectivity index (χ2n) is 6.01. The SMILES string of the molecule is COc1c(C)cc(Br)c(C)c1CCC(C)(C)CCN. The van der Waals surface area contributed by atoms with E-state index in [1.54, 1.807) is 7.11 Å². The van der Waals surface area contributed by atoms with E-state index in [-0.39, 0.29) is 5.41 Å². The van der Waals surface area contributed by atoms with Crippen LogP contribution in [0.1, 0.15) is 43.4 Å². The minimum atomic E-state index is 0.280. The van der Waals surface area contributed by atoms with Crippen LogP contribution < -0.4 is 10.5 Å². The molecule has 2 nitrogen and oxygen atoms in total. The van der Waals surface area contributed by atoms with Gasteiger partial charge in [-0.1, -0.05) is 29.8 Å². The summed E-state index contributed by atoms with van der Waals surface area (Å²) in [5.74, 6) is 1.03. The Morgan fingerprint density at radius 3 is 2.42 bits per heavy atom.